The number of fused-ring (bicyclic) bond motifs is 1. The summed E-state index contributed by atoms with van der Waals surface area (Å²) < 4.78 is 35.8. The van der Waals surface area contributed by atoms with Gasteiger partial charge in [0.2, 0.25) is 0 Å². The Morgan fingerprint density at radius 1 is 0.889 bits per heavy atom. The number of oxazole rings is 1. The molecule has 0 atom stereocenters. The van der Waals surface area contributed by atoms with Gasteiger partial charge < -0.3 is 0 Å². The molecule has 0 spiro atoms. The van der Waals surface area contributed by atoms with E-state index in [1.54, 1.807) is 0 Å². The van der Waals surface area contributed by atoms with Gasteiger partial charge in [-0.3, -0.25) is 0 Å². The molecule has 0 bridgehead atoms. The summed E-state index contributed by atoms with van der Waals surface area (Å²) in [6.45, 7) is 18.0. The van der Waals surface area contributed by atoms with Crippen LogP contribution < -0.4 is 0 Å². The van der Waals surface area contributed by atoms with Gasteiger partial charge in [0.25, 0.3) is 0 Å². The second-order valence-electron chi connectivity index (χ2n) is 1.99. The van der Waals surface area contributed by atoms with Crippen LogP contribution in [0.5, 0.6) is 0 Å². The zero-order chi connectivity index (χ0) is 15.0. The summed E-state index contributed by atoms with van der Waals surface area (Å²) in [6.07, 6.45) is 0. The molecule has 0 amide bonds. The van der Waals surface area contributed by atoms with Crippen molar-refractivity contribution in [2.75, 3.05) is 0 Å². The molecule has 0 saturated heterocycles. The Hall–Kier alpha value is -1.83. The van der Waals surface area contributed by atoms with E-state index in [1.807, 2.05) is 24.3 Å². The van der Waals surface area contributed by atoms with Crippen LogP contribution in [0.4, 0.5) is 0 Å². The molecular formula is C11H5FeNO5. The van der Waals surface area contributed by atoms with Crippen LogP contribution in [0.1, 0.15) is 0 Å². The molecule has 18 heavy (non-hydrogen) atoms. The summed E-state index contributed by atoms with van der Waals surface area (Å²) in [7, 11) is 0. The molecule has 6 nitrogen and oxygen atoms in total. The first-order chi connectivity index (χ1) is 8.86. The van der Waals surface area contributed by atoms with Crippen LogP contribution in [0.25, 0.3) is 11.1 Å². The van der Waals surface area contributed by atoms with Gasteiger partial charge in [0.15, 0.2) is 0 Å². The number of hydrogen-bond donors (Lipinski definition) is 1. The average molecular weight is 287 g/mol. The van der Waals surface area contributed by atoms with Crippen molar-refractivity contribution in [3.05, 3.63) is 55.3 Å². The molecule has 1 N–H and O–H groups in total. The summed E-state index contributed by atoms with van der Waals surface area (Å²) in [5.41, 5.74) is 1.85. The molecule has 0 saturated carbocycles. The van der Waals surface area contributed by atoms with Crippen molar-refractivity contribution in [2.24, 2.45) is 0 Å². The predicted octanol–water partition coefficient (Wildman–Crippen LogP) is 1.69. The Labute approximate surface area is 110 Å². The van der Waals surface area contributed by atoms with Gasteiger partial charge in [-0.25, -0.2) is 0 Å². The molecule has 0 fully saturated rings. The second-order valence-corrected chi connectivity index (χ2v) is 2.49. The van der Waals surface area contributed by atoms with Crippen LogP contribution in [0.2, 0.25) is 0 Å². The fraction of sp³-hybridized carbons (Fsp3) is 0. The van der Waals surface area contributed by atoms with E-state index in [4.69, 9.17) is 23.0 Å². The van der Waals surface area contributed by atoms with Crippen molar-refractivity contribution in [1.29, 1.82) is 0 Å². The van der Waals surface area contributed by atoms with E-state index in [0.29, 0.717) is 4.39 Å². The summed E-state index contributed by atoms with van der Waals surface area (Å²) in [6, 6.07) is 7.74. The molecule has 0 unspecified atom stereocenters. The molecule has 1 aromatic heterocycles. The minimum atomic E-state index is 0.598. The number of benzene rings is 1. The van der Waals surface area contributed by atoms with Gasteiger partial charge in [-0.15, -0.1) is 0 Å². The van der Waals surface area contributed by atoms with Crippen molar-refractivity contribution in [1.82, 2.24) is 4.98 Å². The molecule has 0 radical (unpaired) electrons. The van der Waals surface area contributed by atoms with Crippen LogP contribution in [0.15, 0.2) is 28.7 Å². The molecule has 2 rings (SSSR count). The van der Waals surface area contributed by atoms with E-state index in [2.05, 4.69) is 47.2 Å². The van der Waals surface area contributed by atoms with E-state index in [9.17, 15) is 0 Å². The SMILES string of the molecule is [C-]#[O+].[C-]#[O+].[C-]#[O+].[C-]#[O+].[Fe]=[c]1[nH]c2ccccc2o1. The van der Waals surface area contributed by atoms with E-state index >= 15 is 0 Å². The summed E-state index contributed by atoms with van der Waals surface area (Å²) in [5, 5.41) is 0. The van der Waals surface area contributed by atoms with Crippen LogP contribution in [0, 0.1) is 31.0 Å². The molecule has 0 aliphatic carbocycles. The molecule has 92 valence electrons. The van der Waals surface area contributed by atoms with Crippen LogP contribution in [-0.2, 0) is 34.2 Å². The maximum atomic E-state index is 7.50. The topological polar surface area (TPSA) is 109 Å². The maximum absolute atomic E-state index is 7.50. The average Bonchev–Trinajstić information content (AvgIpc) is 2.87. The first-order valence-electron chi connectivity index (χ1n) is 3.73. The van der Waals surface area contributed by atoms with Gasteiger partial charge in [0, 0.05) is 0 Å². The standard InChI is InChI=1S/C7H5NO.4CO.Fe/c1-2-4-7-6(3-1)8-5-9-7;4*1-2;/h1-4,8H;;;;;. The third kappa shape index (κ3) is 8.34. The quantitative estimate of drug-likeness (QED) is 0.444. The van der Waals surface area contributed by atoms with Crippen LogP contribution in [0.3, 0.4) is 0 Å². The third-order valence-corrected chi connectivity index (χ3v) is 1.56. The molecule has 1 heterocycles. The molecule has 0 aliphatic rings. The first-order valence-corrected chi connectivity index (χ1v) is 4.28. The van der Waals surface area contributed by atoms with Crippen molar-refractivity contribution in [2.45, 2.75) is 0 Å². The first kappa shape index (κ1) is 21.5. The summed E-state index contributed by atoms with van der Waals surface area (Å²) >= 11 is 3.64. The Balaban J connectivity index is -0.000000244. The number of H-pyrrole nitrogens is 1. The fourth-order valence-corrected chi connectivity index (χ4v) is 1.15. The van der Waals surface area contributed by atoms with Crippen LogP contribution >= 0.6 is 0 Å². The Bertz CT molecular complexity index is 501. The monoisotopic (exact) mass is 287 g/mol. The zero-order valence-corrected chi connectivity index (χ0v) is 9.81. The van der Waals surface area contributed by atoms with Crippen molar-refractivity contribution in [3.8, 4) is 0 Å². The normalized spacial score (nSPS) is 6.28. The summed E-state index contributed by atoms with van der Waals surface area (Å²) in [5.74, 6) is 0. The number of hydrogen-bond acceptors (Lipinski definition) is 1. The van der Waals surface area contributed by atoms with Gasteiger partial charge >= 0.3 is 110 Å². The number of rotatable bonds is 0. The molecule has 7 heteroatoms. The van der Waals surface area contributed by atoms with Gasteiger partial charge in [0.05, 0.1) is 0 Å². The van der Waals surface area contributed by atoms with E-state index in [-0.39, 0.29) is 0 Å². The van der Waals surface area contributed by atoms with Gasteiger partial charge in [-0.2, -0.15) is 0 Å². The van der Waals surface area contributed by atoms with E-state index in [1.165, 1.54) is 0 Å². The molecular weight excluding hydrogens is 282 g/mol. The predicted molar refractivity (Wildman–Crippen MR) is 49.5 cm³/mol. The van der Waals surface area contributed by atoms with Crippen molar-refractivity contribution < 1.29 is 38.6 Å². The summed E-state index contributed by atoms with van der Waals surface area (Å²) in [4.78, 5) is 2.98. The fourth-order valence-electron chi connectivity index (χ4n) is 0.881. The van der Waals surface area contributed by atoms with Gasteiger partial charge in [-0.1, -0.05) is 0 Å². The number of para-hydroxylation sites is 2. The number of nitrogens with one attached hydrogen (secondary N) is 1. The Kier molecular flexibility index (Phi) is 20.9. The molecule has 1 aromatic carbocycles. The third-order valence-electron chi connectivity index (χ3n) is 1.31. The molecule has 2 aromatic rings. The zero-order valence-electron chi connectivity index (χ0n) is 8.70. The number of aromatic nitrogens is 1. The minimum absolute atomic E-state index is 0.598. The van der Waals surface area contributed by atoms with Crippen molar-refractivity contribution >= 4 is 11.1 Å². The Morgan fingerprint density at radius 3 is 1.78 bits per heavy atom. The van der Waals surface area contributed by atoms with E-state index in [0.717, 1.165) is 11.1 Å². The number of aromatic amines is 1. The second kappa shape index (κ2) is 17.6. The van der Waals surface area contributed by atoms with Crippen LogP contribution in [-0.4, -0.2) is 4.98 Å². The Morgan fingerprint density at radius 2 is 1.33 bits per heavy atom. The van der Waals surface area contributed by atoms with Gasteiger partial charge in [0.1, 0.15) is 0 Å². The van der Waals surface area contributed by atoms with Gasteiger partial charge in [-0.05, 0) is 0 Å². The molecule has 0 aliphatic heterocycles. The van der Waals surface area contributed by atoms with Crippen molar-refractivity contribution in [3.63, 3.8) is 0 Å². The van der Waals surface area contributed by atoms with E-state index < -0.39 is 0 Å².